The van der Waals surface area contributed by atoms with Crippen LogP contribution in [0.1, 0.15) is 18.2 Å². The molecule has 148 valence electrons. The van der Waals surface area contributed by atoms with Crippen LogP contribution in [0.4, 0.5) is 10.1 Å². The number of amidine groups is 1. The van der Waals surface area contributed by atoms with Gasteiger partial charge in [-0.05, 0) is 36.8 Å². The Morgan fingerprint density at radius 1 is 1.28 bits per heavy atom. The van der Waals surface area contributed by atoms with Crippen LogP contribution in [0.25, 0.3) is 10.6 Å². The van der Waals surface area contributed by atoms with Gasteiger partial charge >= 0.3 is 0 Å². The van der Waals surface area contributed by atoms with Gasteiger partial charge in [0.2, 0.25) is 5.91 Å². The van der Waals surface area contributed by atoms with Crippen LogP contribution in [0, 0.1) is 12.7 Å². The van der Waals surface area contributed by atoms with Gasteiger partial charge in [-0.25, -0.2) is 14.4 Å². The van der Waals surface area contributed by atoms with Crippen molar-refractivity contribution in [1.29, 1.82) is 0 Å². The summed E-state index contributed by atoms with van der Waals surface area (Å²) < 4.78 is 13.5. The average Bonchev–Trinajstić information content (AvgIpc) is 3.28. The van der Waals surface area contributed by atoms with E-state index in [0.717, 1.165) is 22.0 Å². The molecule has 7 heteroatoms. The standard InChI is InChI=1S/C22H20FN3OS2/c1-14-5-3-8-18(9-14)25-22-26(12-15(2)29-22)20(27)11-19-13-28-21(24-19)16-6-4-7-17(23)10-16/h3-10,13,15H,11-12H2,1-2H3. The van der Waals surface area contributed by atoms with E-state index in [2.05, 4.69) is 11.9 Å². The highest BCUT2D eigenvalue weighted by Gasteiger charge is 2.31. The summed E-state index contributed by atoms with van der Waals surface area (Å²) in [7, 11) is 0. The molecule has 1 aliphatic heterocycles. The zero-order valence-electron chi connectivity index (χ0n) is 16.1. The summed E-state index contributed by atoms with van der Waals surface area (Å²) in [5.74, 6) is -0.320. The zero-order valence-corrected chi connectivity index (χ0v) is 17.8. The number of aryl methyl sites for hydroxylation is 1. The van der Waals surface area contributed by atoms with Crippen molar-refractivity contribution in [2.24, 2.45) is 4.99 Å². The van der Waals surface area contributed by atoms with Crippen LogP contribution in [-0.2, 0) is 11.2 Å². The lowest BCUT2D eigenvalue weighted by Crippen LogP contribution is -2.33. The van der Waals surface area contributed by atoms with Crippen LogP contribution in [0.15, 0.2) is 58.9 Å². The number of nitrogens with zero attached hydrogens (tertiary/aromatic N) is 3. The van der Waals surface area contributed by atoms with Crippen LogP contribution >= 0.6 is 23.1 Å². The van der Waals surface area contributed by atoms with Crippen LogP contribution in [0.2, 0.25) is 0 Å². The minimum Gasteiger partial charge on any atom is -0.290 e. The van der Waals surface area contributed by atoms with Gasteiger partial charge in [0.05, 0.1) is 17.8 Å². The Kier molecular flexibility index (Phi) is 5.78. The van der Waals surface area contributed by atoms with Gasteiger partial charge in [-0.1, -0.05) is 43.0 Å². The maximum absolute atomic E-state index is 13.5. The second-order valence-electron chi connectivity index (χ2n) is 7.00. The number of hydrogen-bond donors (Lipinski definition) is 0. The van der Waals surface area contributed by atoms with E-state index in [-0.39, 0.29) is 18.1 Å². The highest BCUT2D eigenvalue weighted by molar-refractivity contribution is 8.14. The molecule has 1 saturated heterocycles. The van der Waals surface area contributed by atoms with E-state index in [1.807, 2.05) is 42.6 Å². The van der Waals surface area contributed by atoms with Crippen LogP contribution in [-0.4, -0.2) is 32.8 Å². The van der Waals surface area contributed by atoms with E-state index in [1.54, 1.807) is 22.7 Å². The molecule has 1 aliphatic rings. The Morgan fingerprint density at radius 3 is 2.90 bits per heavy atom. The van der Waals surface area contributed by atoms with E-state index in [0.29, 0.717) is 22.5 Å². The summed E-state index contributed by atoms with van der Waals surface area (Å²) in [6.45, 7) is 4.75. The van der Waals surface area contributed by atoms with E-state index < -0.39 is 0 Å². The quantitative estimate of drug-likeness (QED) is 0.558. The molecule has 3 aromatic rings. The lowest BCUT2D eigenvalue weighted by Gasteiger charge is -2.15. The third-order valence-electron chi connectivity index (χ3n) is 4.46. The normalized spacial score (nSPS) is 17.8. The molecule has 4 nitrogen and oxygen atoms in total. The van der Waals surface area contributed by atoms with Crippen molar-refractivity contribution in [3.8, 4) is 10.6 Å². The molecule has 0 bridgehead atoms. The maximum atomic E-state index is 13.5. The third-order valence-corrected chi connectivity index (χ3v) is 6.47. The van der Waals surface area contributed by atoms with Crippen molar-refractivity contribution in [2.75, 3.05) is 6.54 Å². The maximum Gasteiger partial charge on any atom is 0.234 e. The van der Waals surface area contributed by atoms with Crippen molar-refractivity contribution in [2.45, 2.75) is 25.5 Å². The van der Waals surface area contributed by atoms with Gasteiger partial charge in [0.15, 0.2) is 5.17 Å². The largest absolute Gasteiger partial charge is 0.290 e. The topological polar surface area (TPSA) is 45.6 Å². The fourth-order valence-electron chi connectivity index (χ4n) is 3.11. The number of thiazole rings is 1. The zero-order chi connectivity index (χ0) is 20.4. The molecule has 2 aromatic carbocycles. The minimum atomic E-state index is -0.296. The Labute approximate surface area is 177 Å². The predicted molar refractivity (Wildman–Crippen MR) is 118 cm³/mol. The first-order chi connectivity index (χ1) is 14.0. The summed E-state index contributed by atoms with van der Waals surface area (Å²) >= 11 is 3.03. The number of thioether (sulfide) groups is 1. The summed E-state index contributed by atoms with van der Waals surface area (Å²) in [5.41, 5.74) is 3.40. The van der Waals surface area contributed by atoms with Gasteiger partial charge in [0.25, 0.3) is 0 Å². The second-order valence-corrected chi connectivity index (χ2v) is 9.26. The molecular formula is C22H20FN3OS2. The van der Waals surface area contributed by atoms with Gasteiger partial charge in [-0.2, -0.15) is 0 Å². The Bertz CT molecular complexity index is 1080. The first-order valence-corrected chi connectivity index (χ1v) is 11.1. The molecule has 0 aliphatic carbocycles. The molecule has 0 saturated carbocycles. The summed E-state index contributed by atoms with van der Waals surface area (Å²) in [5, 5.41) is 3.60. The van der Waals surface area contributed by atoms with Crippen molar-refractivity contribution >= 4 is 39.9 Å². The van der Waals surface area contributed by atoms with Crippen molar-refractivity contribution in [3.63, 3.8) is 0 Å². The molecule has 4 rings (SSSR count). The number of hydrogen-bond acceptors (Lipinski definition) is 5. The third kappa shape index (κ3) is 4.74. The molecule has 29 heavy (non-hydrogen) atoms. The summed E-state index contributed by atoms with van der Waals surface area (Å²) in [4.78, 5) is 23.9. The van der Waals surface area contributed by atoms with Gasteiger partial charge < -0.3 is 0 Å². The van der Waals surface area contributed by atoms with Crippen LogP contribution < -0.4 is 0 Å². The fourth-order valence-corrected chi connectivity index (χ4v) is 4.97. The highest BCUT2D eigenvalue weighted by Crippen LogP contribution is 2.30. The van der Waals surface area contributed by atoms with Gasteiger partial charge in [-0.3, -0.25) is 9.69 Å². The molecule has 1 fully saturated rings. The predicted octanol–water partition coefficient (Wildman–Crippen LogP) is 5.45. The molecule has 1 unspecified atom stereocenters. The second kappa shape index (κ2) is 8.47. The van der Waals surface area contributed by atoms with Gasteiger partial charge in [0, 0.05) is 22.7 Å². The van der Waals surface area contributed by atoms with Gasteiger partial charge in [0.1, 0.15) is 10.8 Å². The molecule has 1 atom stereocenters. The molecular weight excluding hydrogens is 405 g/mol. The van der Waals surface area contributed by atoms with Crippen molar-refractivity contribution < 1.29 is 9.18 Å². The smallest absolute Gasteiger partial charge is 0.234 e. The SMILES string of the molecule is Cc1cccc(N=C2SC(C)CN2C(=O)Cc2csc(-c3cccc(F)c3)n2)c1. The molecule has 2 heterocycles. The fraction of sp³-hybridized carbons (Fsp3) is 0.227. The van der Waals surface area contributed by atoms with Crippen molar-refractivity contribution in [3.05, 3.63) is 71.0 Å². The monoisotopic (exact) mass is 425 g/mol. The van der Waals surface area contributed by atoms with E-state index in [1.165, 1.54) is 23.5 Å². The summed E-state index contributed by atoms with van der Waals surface area (Å²) in [6, 6.07) is 14.3. The Hall–Kier alpha value is -2.51. The number of carbonyl (C=O) groups excluding carboxylic acids is 1. The van der Waals surface area contributed by atoms with E-state index in [9.17, 15) is 9.18 Å². The van der Waals surface area contributed by atoms with Gasteiger partial charge in [-0.15, -0.1) is 11.3 Å². The van der Waals surface area contributed by atoms with Crippen LogP contribution in [0.5, 0.6) is 0 Å². The highest BCUT2D eigenvalue weighted by atomic mass is 32.2. The van der Waals surface area contributed by atoms with Crippen LogP contribution in [0.3, 0.4) is 0 Å². The molecule has 0 N–H and O–H groups in total. The number of amides is 1. The molecule has 1 amide bonds. The average molecular weight is 426 g/mol. The van der Waals surface area contributed by atoms with E-state index >= 15 is 0 Å². The lowest BCUT2D eigenvalue weighted by molar-refractivity contribution is -0.126. The van der Waals surface area contributed by atoms with Crippen molar-refractivity contribution in [1.82, 2.24) is 9.88 Å². The number of aliphatic imine (C=N–C) groups is 1. The number of halogens is 1. The number of rotatable bonds is 4. The first-order valence-electron chi connectivity index (χ1n) is 9.30. The lowest BCUT2D eigenvalue weighted by atomic mass is 10.2. The number of benzene rings is 2. The number of carbonyl (C=O) groups is 1. The Morgan fingerprint density at radius 2 is 2.10 bits per heavy atom. The van der Waals surface area contributed by atoms with E-state index in [4.69, 9.17) is 4.99 Å². The minimum absolute atomic E-state index is 0.0238. The Balaban J connectivity index is 1.51. The molecule has 1 aromatic heterocycles. The molecule has 0 spiro atoms. The molecule has 0 radical (unpaired) electrons. The summed E-state index contributed by atoms with van der Waals surface area (Å²) in [6.07, 6.45) is 0.200. The first kappa shape index (κ1) is 19.8. The number of aromatic nitrogens is 1.